The molecular formula is C21H27N3O3. The monoisotopic (exact) mass is 369 g/mol. The van der Waals surface area contributed by atoms with Crippen molar-refractivity contribution >= 4 is 11.7 Å². The average Bonchev–Trinajstić information content (AvgIpc) is 3.17. The Morgan fingerprint density at radius 1 is 1.26 bits per heavy atom. The van der Waals surface area contributed by atoms with Crippen LogP contribution in [0.3, 0.4) is 0 Å². The third-order valence-electron chi connectivity index (χ3n) is 5.02. The number of carbonyl (C=O) groups is 2. The number of ether oxygens (including phenoxy) is 1. The third kappa shape index (κ3) is 4.56. The molecule has 27 heavy (non-hydrogen) atoms. The SMILES string of the molecule is CC(=O)c1ccc(OCC(=O)N2CCCC(c3nccn3C(C)C)C2)cc1. The number of hydrogen-bond donors (Lipinski definition) is 0. The lowest BCUT2D eigenvalue weighted by Gasteiger charge is -2.33. The van der Waals surface area contributed by atoms with Gasteiger partial charge in [0, 0.05) is 43.0 Å². The molecule has 6 heteroatoms. The number of likely N-dealkylation sites (tertiary alicyclic amines) is 1. The zero-order chi connectivity index (χ0) is 19.4. The Kier molecular flexibility index (Phi) is 5.94. The Morgan fingerprint density at radius 3 is 2.67 bits per heavy atom. The summed E-state index contributed by atoms with van der Waals surface area (Å²) in [6, 6.07) is 7.23. The van der Waals surface area contributed by atoms with Crippen molar-refractivity contribution in [2.75, 3.05) is 19.7 Å². The molecule has 1 saturated heterocycles. The number of Topliss-reactive ketones (excluding diaryl/α,β-unsaturated/α-hetero) is 1. The molecule has 1 aromatic heterocycles. The molecule has 1 atom stereocenters. The van der Waals surface area contributed by atoms with E-state index in [1.54, 1.807) is 24.3 Å². The highest BCUT2D eigenvalue weighted by molar-refractivity contribution is 5.94. The molecule has 3 rings (SSSR count). The standard InChI is InChI=1S/C21H27N3O3/c1-15(2)24-12-10-22-21(24)18-5-4-11-23(13-18)20(26)14-27-19-8-6-17(7-9-19)16(3)25/h6-10,12,15,18H,4-5,11,13-14H2,1-3H3. The van der Waals surface area contributed by atoms with Crippen LogP contribution in [-0.4, -0.2) is 45.8 Å². The topological polar surface area (TPSA) is 64.4 Å². The molecule has 144 valence electrons. The van der Waals surface area contributed by atoms with Gasteiger partial charge in [-0.2, -0.15) is 0 Å². The first-order valence-electron chi connectivity index (χ1n) is 9.50. The number of hydrogen-bond acceptors (Lipinski definition) is 4. The number of aromatic nitrogens is 2. The van der Waals surface area contributed by atoms with E-state index in [9.17, 15) is 9.59 Å². The highest BCUT2D eigenvalue weighted by Gasteiger charge is 2.28. The van der Waals surface area contributed by atoms with E-state index in [0.29, 0.717) is 23.9 Å². The van der Waals surface area contributed by atoms with E-state index in [0.717, 1.165) is 25.2 Å². The highest BCUT2D eigenvalue weighted by atomic mass is 16.5. The van der Waals surface area contributed by atoms with Crippen molar-refractivity contribution in [3.63, 3.8) is 0 Å². The lowest BCUT2D eigenvalue weighted by molar-refractivity contribution is -0.134. The number of benzene rings is 1. The summed E-state index contributed by atoms with van der Waals surface area (Å²) >= 11 is 0. The molecule has 2 heterocycles. The van der Waals surface area contributed by atoms with Gasteiger partial charge in [-0.3, -0.25) is 9.59 Å². The van der Waals surface area contributed by atoms with Gasteiger partial charge in [-0.25, -0.2) is 4.98 Å². The summed E-state index contributed by atoms with van der Waals surface area (Å²) in [5.74, 6) is 1.91. The Balaban J connectivity index is 1.58. The molecule has 0 aliphatic carbocycles. The van der Waals surface area contributed by atoms with Crippen molar-refractivity contribution in [2.45, 2.75) is 45.6 Å². The molecule has 0 radical (unpaired) electrons. The Morgan fingerprint density at radius 2 is 2.00 bits per heavy atom. The molecule has 1 unspecified atom stereocenters. The van der Waals surface area contributed by atoms with E-state index < -0.39 is 0 Å². The molecule has 0 bridgehead atoms. The minimum Gasteiger partial charge on any atom is -0.484 e. The fraction of sp³-hybridized carbons (Fsp3) is 0.476. The molecule has 0 N–H and O–H groups in total. The number of ketones is 1. The first-order chi connectivity index (χ1) is 13.0. The molecule has 1 aliphatic rings. The Bertz CT molecular complexity index is 795. The largest absolute Gasteiger partial charge is 0.484 e. The number of rotatable bonds is 6. The molecule has 0 spiro atoms. The van der Waals surface area contributed by atoms with E-state index >= 15 is 0 Å². The second-order valence-corrected chi connectivity index (χ2v) is 7.33. The zero-order valence-corrected chi connectivity index (χ0v) is 16.2. The van der Waals surface area contributed by atoms with Crippen LogP contribution < -0.4 is 4.74 Å². The van der Waals surface area contributed by atoms with Gasteiger partial charge in [0.25, 0.3) is 5.91 Å². The molecular weight excluding hydrogens is 342 g/mol. The number of nitrogens with zero attached hydrogens (tertiary/aromatic N) is 3. The molecule has 0 saturated carbocycles. The normalized spacial score (nSPS) is 17.2. The predicted octanol–water partition coefficient (Wildman–Crippen LogP) is 3.45. The summed E-state index contributed by atoms with van der Waals surface area (Å²) in [5.41, 5.74) is 0.633. The van der Waals surface area contributed by atoms with Gasteiger partial charge in [0.2, 0.25) is 0 Å². The van der Waals surface area contributed by atoms with Crippen LogP contribution in [0.2, 0.25) is 0 Å². The second-order valence-electron chi connectivity index (χ2n) is 7.33. The molecule has 6 nitrogen and oxygen atoms in total. The summed E-state index contributed by atoms with van der Waals surface area (Å²) in [5, 5.41) is 0. The van der Waals surface area contributed by atoms with Crippen LogP contribution in [0, 0.1) is 0 Å². The van der Waals surface area contributed by atoms with E-state index in [1.165, 1.54) is 6.92 Å². The van der Waals surface area contributed by atoms with Crippen molar-refractivity contribution in [2.24, 2.45) is 0 Å². The van der Waals surface area contributed by atoms with Crippen molar-refractivity contribution in [1.29, 1.82) is 0 Å². The minimum atomic E-state index is -0.0157. The Hall–Kier alpha value is -2.63. The molecule has 1 aromatic carbocycles. The smallest absolute Gasteiger partial charge is 0.260 e. The van der Waals surface area contributed by atoms with E-state index in [4.69, 9.17) is 4.74 Å². The summed E-state index contributed by atoms with van der Waals surface area (Å²) < 4.78 is 7.81. The Labute approximate surface area is 160 Å². The van der Waals surface area contributed by atoms with Crippen molar-refractivity contribution in [3.8, 4) is 5.75 Å². The lowest BCUT2D eigenvalue weighted by Crippen LogP contribution is -2.42. The van der Waals surface area contributed by atoms with E-state index in [2.05, 4.69) is 23.4 Å². The van der Waals surface area contributed by atoms with Crippen LogP contribution >= 0.6 is 0 Å². The van der Waals surface area contributed by atoms with Gasteiger partial charge in [0.15, 0.2) is 12.4 Å². The van der Waals surface area contributed by atoms with E-state index in [1.807, 2.05) is 17.3 Å². The minimum absolute atomic E-state index is 0.00472. The first-order valence-corrected chi connectivity index (χ1v) is 9.50. The van der Waals surface area contributed by atoms with Crippen LogP contribution in [0.4, 0.5) is 0 Å². The maximum Gasteiger partial charge on any atom is 0.260 e. The number of carbonyl (C=O) groups excluding carboxylic acids is 2. The molecule has 1 fully saturated rings. The van der Waals surface area contributed by atoms with Gasteiger partial charge in [0.05, 0.1) is 0 Å². The highest BCUT2D eigenvalue weighted by Crippen LogP contribution is 2.27. The van der Waals surface area contributed by atoms with E-state index in [-0.39, 0.29) is 24.2 Å². The molecule has 2 aromatic rings. The van der Waals surface area contributed by atoms with Gasteiger partial charge >= 0.3 is 0 Å². The third-order valence-corrected chi connectivity index (χ3v) is 5.02. The summed E-state index contributed by atoms with van der Waals surface area (Å²) in [7, 11) is 0. The van der Waals surface area contributed by atoms with Crippen molar-refractivity contribution < 1.29 is 14.3 Å². The number of piperidine rings is 1. The van der Waals surface area contributed by atoms with Gasteiger partial charge in [0.1, 0.15) is 11.6 Å². The van der Waals surface area contributed by atoms with Gasteiger partial charge in [-0.05, 0) is 57.9 Å². The maximum atomic E-state index is 12.6. The van der Waals surface area contributed by atoms with Gasteiger partial charge in [-0.15, -0.1) is 0 Å². The maximum absolute atomic E-state index is 12.6. The predicted molar refractivity (Wildman–Crippen MR) is 103 cm³/mol. The quantitative estimate of drug-likeness (QED) is 0.732. The van der Waals surface area contributed by atoms with Crippen LogP contribution in [0.25, 0.3) is 0 Å². The number of amides is 1. The average molecular weight is 369 g/mol. The van der Waals surface area contributed by atoms with Crippen LogP contribution in [0.1, 0.15) is 61.8 Å². The van der Waals surface area contributed by atoms with Crippen LogP contribution in [0.15, 0.2) is 36.7 Å². The first kappa shape index (κ1) is 19.1. The fourth-order valence-electron chi connectivity index (χ4n) is 3.51. The number of imidazole rings is 1. The fourth-order valence-corrected chi connectivity index (χ4v) is 3.51. The van der Waals surface area contributed by atoms with Gasteiger partial charge < -0.3 is 14.2 Å². The van der Waals surface area contributed by atoms with Crippen molar-refractivity contribution in [1.82, 2.24) is 14.5 Å². The molecule has 1 amide bonds. The summed E-state index contributed by atoms with van der Waals surface area (Å²) in [6.07, 6.45) is 5.86. The molecule has 1 aliphatic heterocycles. The zero-order valence-electron chi connectivity index (χ0n) is 16.2. The van der Waals surface area contributed by atoms with Crippen LogP contribution in [-0.2, 0) is 4.79 Å². The summed E-state index contributed by atoms with van der Waals surface area (Å²) in [6.45, 7) is 7.24. The van der Waals surface area contributed by atoms with Crippen molar-refractivity contribution in [3.05, 3.63) is 48.0 Å². The summed E-state index contributed by atoms with van der Waals surface area (Å²) in [4.78, 5) is 30.3. The lowest BCUT2D eigenvalue weighted by atomic mass is 9.97. The van der Waals surface area contributed by atoms with Gasteiger partial charge in [-0.1, -0.05) is 0 Å². The van der Waals surface area contributed by atoms with Crippen LogP contribution in [0.5, 0.6) is 5.75 Å². The second kappa shape index (κ2) is 8.37.